The topological polar surface area (TPSA) is 88.4 Å². The molecule has 0 saturated heterocycles. The van der Waals surface area contributed by atoms with Gasteiger partial charge in [0.05, 0.1) is 0 Å². The summed E-state index contributed by atoms with van der Waals surface area (Å²) in [4.78, 5) is 11.2. The molecule has 1 heterocycles. The first-order chi connectivity index (χ1) is 9.31. The van der Waals surface area contributed by atoms with Crippen molar-refractivity contribution in [1.29, 1.82) is 0 Å². The Labute approximate surface area is 118 Å². The Bertz CT molecular complexity index is 598. The maximum Gasteiger partial charge on any atom is 0.352 e. The molecule has 0 spiro atoms. The van der Waals surface area contributed by atoms with E-state index in [1.54, 1.807) is 0 Å². The Hall–Kier alpha value is -1.34. The molecule has 1 saturated carbocycles. The van der Waals surface area contributed by atoms with Crippen LogP contribution in [0.25, 0.3) is 0 Å². The molecule has 0 unspecified atom stereocenters. The molecule has 20 heavy (non-hydrogen) atoms. The summed E-state index contributed by atoms with van der Waals surface area (Å²) in [6.45, 7) is 3.63. The average Bonchev–Trinajstić information content (AvgIpc) is 2.95. The third-order valence-corrected chi connectivity index (χ3v) is 5.07. The third-order valence-electron chi connectivity index (χ3n) is 3.59. The minimum absolute atomic E-state index is 0.00760. The molecule has 1 aliphatic rings. The van der Waals surface area contributed by atoms with E-state index in [0.29, 0.717) is 0 Å². The van der Waals surface area contributed by atoms with Crippen molar-refractivity contribution in [2.75, 3.05) is 0 Å². The van der Waals surface area contributed by atoms with Gasteiger partial charge in [0.2, 0.25) is 10.0 Å². The van der Waals surface area contributed by atoms with Crippen molar-refractivity contribution >= 4 is 16.0 Å². The minimum atomic E-state index is -3.65. The Balaban J connectivity index is 2.31. The maximum absolute atomic E-state index is 12.3. The van der Waals surface area contributed by atoms with Crippen molar-refractivity contribution in [2.45, 2.75) is 56.5 Å². The van der Waals surface area contributed by atoms with E-state index in [-0.39, 0.29) is 22.7 Å². The maximum atomic E-state index is 12.3. The second kappa shape index (κ2) is 5.57. The summed E-state index contributed by atoms with van der Waals surface area (Å²) >= 11 is 0. The van der Waals surface area contributed by atoms with Gasteiger partial charge in [-0.3, -0.25) is 0 Å². The first-order valence-corrected chi connectivity index (χ1v) is 8.27. The number of sulfonamides is 1. The number of rotatable bonds is 5. The highest BCUT2D eigenvalue weighted by molar-refractivity contribution is 7.89. The van der Waals surface area contributed by atoms with Gasteiger partial charge in [0, 0.05) is 18.3 Å². The van der Waals surface area contributed by atoms with E-state index in [0.717, 1.165) is 25.7 Å². The predicted molar refractivity (Wildman–Crippen MR) is 74.4 cm³/mol. The quantitative estimate of drug-likeness (QED) is 0.870. The average molecular weight is 300 g/mol. The van der Waals surface area contributed by atoms with Crippen LogP contribution < -0.4 is 4.72 Å². The molecule has 0 aliphatic heterocycles. The van der Waals surface area contributed by atoms with E-state index in [2.05, 4.69) is 4.72 Å². The van der Waals surface area contributed by atoms with Gasteiger partial charge in [0.1, 0.15) is 10.6 Å². The van der Waals surface area contributed by atoms with Gasteiger partial charge in [-0.05, 0) is 32.8 Å². The molecular weight excluding hydrogens is 280 g/mol. The number of aromatic nitrogens is 1. The van der Waals surface area contributed by atoms with E-state index in [9.17, 15) is 13.2 Å². The molecule has 1 aliphatic carbocycles. The van der Waals surface area contributed by atoms with Crippen molar-refractivity contribution in [3.63, 3.8) is 0 Å². The second-order valence-electron chi connectivity index (χ2n) is 5.47. The standard InChI is InChI=1S/C13H20N2O4S/c1-9(2)15-8-11(7-12(15)13(16)17)20(18,19)14-10-5-3-4-6-10/h7-10,14H,3-6H2,1-2H3,(H,16,17). The van der Waals surface area contributed by atoms with Gasteiger partial charge >= 0.3 is 5.97 Å². The zero-order chi connectivity index (χ0) is 14.9. The molecular formula is C13H20N2O4S. The highest BCUT2D eigenvalue weighted by Gasteiger charge is 2.26. The van der Waals surface area contributed by atoms with E-state index in [1.165, 1.54) is 16.8 Å². The van der Waals surface area contributed by atoms with E-state index in [1.807, 2.05) is 13.8 Å². The molecule has 0 atom stereocenters. The molecule has 0 radical (unpaired) electrons. The normalized spacial score (nSPS) is 16.9. The zero-order valence-electron chi connectivity index (χ0n) is 11.7. The van der Waals surface area contributed by atoms with Crippen LogP contribution >= 0.6 is 0 Å². The molecule has 0 amide bonds. The van der Waals surface area contributed by atoms with Gasteiger partial charge in [-0.15, -0.1) is 0 Å². The molecule has 2 rings (SSSR count). The Morgan fingerprint density at radius 2 is 2.00 bits per heavy atom. The summed E-state index contributed by atoms with van der Waals surface area (Å²) in [5.74, 6) is -1.12. The lowest BCUT2D eigenvalue weighted by atomic mass is 10.3. The molecule has 0 bridgehead atoms. The van der Waals surface area contributed by atoms with Crippen molar-refractivity contribution in [3.8, 4) is 0 Å². The van der Waals surface area contributed by atoms with Crippen LogP contribution in [0.1, 0.15) is 56.1 Å². The molecule has 1 aromatic heterocycles. The number of hydrogen-bond donors (Lipinski definition) is 2. The van der Waals surface area contributed by atoms with Crippen molar-refractivity contribution in [2.24, 2.45) is 0 Å². The molecule has 112 valence electrons. The summed E-state index contributed by atoms with van der Waals surface area (Å²) in [7, 11) is -3.65. The number of nitrogens with zero attached hydrogens (tertiary/aromatic N) is 1. The monoisotopic (exact) mass is 300 g/mol. The number of carboxylic acids is 1. The van der Waals surface area contributed by atoms with Gasteiger partial charge < -0.3 is 9.67 Å². The van der Waals surface area contributed by atoms with Crippen molar-refractivity contribution in [3.05, 3.63) is 18.0 Å². The molecule has 1 aromatic rings. The Morgan fingerprint density at radius 1 is 1.40 bits per heavy atom. The highest BCUT2D eigenvalue weighted by atomic mass is 32.2. The van der Waals surface area contributed by atoms with E-state index >= 15 is 0 Å². The first kappa shape index (κ1) is 15.1. The molecule has 7 heteroatoms. The van der Waals surface area contributed by atoms with E-state index < -0.39 is 16.0 Å². The number of nitrogens with one attached hydrogen (secondary N) is 1. The lowest BCUT2D eigenvalue weighted by Gasteiger charge is -2.11. The van der Waals surface area contributed by atoms with Gasteiger partial charge in [0.25, 0.3) is 0 Å². The fourth-order valence-corrected chi connectivity index (χ4v) is 3.86. The van der Waals surface area contributed by atoms with Gasteiger partial charge in [-0.2, -0.15) is 0 Å². The lowest BCUT2D eigenvalue weighted by Crippen LogP contribution is -2.32. The smallest absolute Gasteiger partial charge is 0.352 e. The minimum Gasteiger partial charge on any atom is -0.477 e. The van der Waals surface area contributed by atoms with Crippen LogP contribution in [-0.2, 0) is 10.0 Å². The fourth-order valence-electron chi connectivity index (χ4n) is 2.53. The van der Waals surface area contributed by atoms with Gasteiger partial charge in [-0.25, -0.2) is 17.9 Å². The van der Waals surface area contributed by atoms with Crippen LogP contribution in [0.5, 0.6) is 0 Å². The lowest BCUT2D eigenvalue weighted by molar-refractivity contribution is 0.0683. The van der Waals surface area contributed by atoms with Gasteiger partial charge in [0.15, 0.2) is 0 Å². The molecule has 2 N–H and O–H groups in total. The predicted octanol–water partition coefficient (Wildman–Crippen LogP) is 1.99. The fraction of sp³-hybridized carbons (Fsp3) is 0.615. The molecule has 1 fully saturated rings. The summed E-state index contributed by atoms with van der Waals surface area (Å²) in [6.07, 6.45) is 5.14. The van der Waals surface area contributed by atoms with Crippen LogP contribution in [0.3, 0.4) is 0 Å². The van der Waals surface area contributed by atoms with Crippen LogP contribution in [0.15, 0.2) is 17.2 Å². The summed E-state index contributed by atoms with van der Waals surface area (Å²) in [5.41, 5.74) is -0.00760. The molecule has 6 nitrogen and oxygen atoms in total. The van der Waals surface area contributed by atoms with Crippen LogP contribution in [-0.4, -0.2) is 30.1 Å². The summed E-state index contributed by atoms with van der Waals surface area (Å²) in [5, 5.41) is 9.14. The Morgan fingerprint density at radius 3 is 2.45 bits per heavy atom. The summed E-state index contributed by atoms with van der Waals surface area (Å²) in [6, 6.07) is 1.08. The SMILES string of the molecule is CC(C)n1cc(S(=O)(=O)NC2CCCC2)cc1C(=O)O. The second-order valence-corrected chi connectivity index (χ2v) is 7.18. The highest BCUT2D eigenvalue weighted by Crippen LogP contribution is 2.23. The van der Waals surface area contributed by atoms with E-state index in [4.69, 9.17) is 5.11 Å². The van der Waals surface area contributed by atoms with Crippen LogP contribution in [0, 0.1) is 0 Å². The van der Waals surface area contributed by atoms with Crippen molar-refractivity contribution < 1.29 is 18.3 Å². The Kier molecular flexibility index (Phi) is 4.19. The summed E-state index contributed by atoms with van der Waals surface area (Å²) < 4.78 is 28.7. The largest absolute Gasteiger partial charge is 0.477 e. The number of carbonyl (C=O) groups is 1. The number of aromatic carboxylic acids is 1. The van der Waals surface area contributed by atoms with Gasteiger partial charge in [-0.1, -0.05) is 12.8 Å². The zero-order valence-corrected chi connectivity index (χ0v) is 12.5. The van der Waals surface area contributed by atoms with Crippen LogP contribution in [0.2, 0.25) is 0 Å². The molecule has 0 aromatic carbocycles. The van der Waals surface area contributed by atoms with Crippen molar-refractivity contribution in [1.82, 2.24) is 9.29 Å². The number of hydrogen-bond acceptors (Lipinski definition) is 3. The first-order valence-electron chi connectivity index (χ1n) is 6.79. The van der Waals surface area contributed by atoms with Crippen LogP contribution in [0.4, 0.5) is 0 Å². The third kappa shape index (κ3) is 3.04. The number of carboxylic acid groups (broad SMARTS) is 1.